The average Bonchev–Trinajstić information content (AvgIpc) is 3.45. The molecule has 0 saturated carbocycles. The fourth-order valence-electron chi connectivity index (χ4n) is 3.25. The molecule has 1 fully saturated rings. The van der Waals surface area contributed by atoms with E-state index in [2.05, 4.69) is 34.9 Å². The van der Waals surface area contributed by atoms with Gasteiger partial charge in [-0.25, -0.2) is 0 Å². The molecule has 2 N–H and O–H groups in total. The molecule has 1 unspecified atom stereocenters. The monoisotopic (exact) mass is 399 g/mol. The second-order valence-corrected chi connectivity index (χ2v) is 7.21. The maximum atomic E-state index is 5.72. The second kappa shape index (κ2) is 13.0. The van der Waals surface area contributed by atoms with E-state index in [1.54, 1.807) is 6.26 Å². The van der Waals surface area contributed by atoms with Crippen LogP contribution in [0.25, 0.3) is 0 Å². The lowest BCUT2D eigenvalue weighted by Gasteiger charge is -2.13. The van der Waals surface area contributed by atoms with Gasteiger partial charge in [-0.05, 0) is 43.4 Å². The summed E-state index contributed by atoms with van der Waals surface area (Å²) in [5.74, 6) is 1.82. The van der Waals surface area contributed by atoms with Crippen molar-refractivity contribution in [3.63, 3.8) is 0 Å². The molecule has 3 rings (SSSR count). The third kappa shape index (κ3) is 8.71. The highest BCUT2D eigenvalue weighted by Gasteiger charge is 2.14. The molecular weight excluding hydrogens is 366 g/mol. The number of hydrogen-bond donors (Lipinski definition) is 2. The molecule has 158 valence electrons. The Morgan fingerprint density at radius 1 is 1.07 bits per heavy atom. The van der Waals surface area contributed by atoms with Gasteiger partial charge in [0.2, 0.25) is 0 Å². The Morgan fingerprint density at radius 3 is 2.69 bits per heavy atom. The first kappa shape index (κ1) is 21.4. The summed E-state index contributed by atoms with van der Waals surface area (Å²) in [5, 5.41) is 6.83. The highest BCUT2D eigenvalue weighted by atomic mass is 16.5. The lowest BCUT2D eigenvalue weighted by Crippen LogP contribution is -2.39. The highest BCUT2D eigenvalue weighted by molar-refractivity contribution is 5.79. The molecule has 0 radical (unpaired) electrons. The minimum atomic E-state index is 0.289. The Labute approximate surface area is 173 Å². The molecule has 1 atom stereocenters. The molecule has 6 heteroatoms. The first-order valence-electron chi connectivity index (χ1n) is 10.7. The Morgan fingerprint density at radius 2 is 1.93 bits per heavy atom. The minimum absolute atomic E-state index is 0.289. The quantitative estimate of drug-likeness (QED) is 0.326. The van der Waals surface area contributed by atoms with Crippen molar-refractivity contribution in [1.82, 2.24) is 10.6 Å². The first-order valence-corrected chi connectivity index (χ1v) is 10.7. The maximum Gasteiger partial charge on any atom is 0.191 e. The average molecular weight is 400 g/mol. The summed E-state index contributed by atoms with van der Waals surface area (Å²) >= 11 is 0. The van der Waals surface area contributed by atoms with Crippen LogP contribution >= 0.6 is 0 Å². The molecule has 6 nitrogen and oxygen atoms in total. The van der Waals surface area contributed by atoms with Crippen LogP contribution in [-0.2, 0) is 22.3 Å². The third-order valence-electron chi connectivity index (χ3n) is 4.84. The lowest BCUT2D eigenvalue weighted by atomic mass is 10.1. The van der Waals surface area contributed by atoms with Gasteiger partial charge >= 0.3 is 0 Å². The molecule has 0 aliphatic carbocycles. The van der Waals surface area contributed by atoms with Crippen molar-refractivity contribution in [2.75, 3.05) is 39.5 Å². The summed E-state index contributed by atoms with van der Waals surface area (Å²) in [5.41, 5.74) is 1.32. The summed E-state index contributed by atoms with van der Waals surface area (Å²) in [6.07, 6.45) is 6.96. The van der Waals surface area contributed by atoms with Crippen molar-refractivity contribution in [3.05, 3.63) is 60.1 Å². The van der Waals surface area contributed by atoms with E-state index in [4.69, 9.17) is 18.9 Å². The number of nitrogens with one attached hydrogen (secondary N) is 2. The normalized spacial score (nSPS) is 16.8. The van der Waals surface area contributed by atoms with E-state index in [1.165, 1.54) is 5.56 Å². The number of guanidine groups is 1. The van der Waals surface area contributed by atoms with Crippen molar-refractivity contribution in [2.24, 2.45) is 4.99 Å². The Hall–Kier alpha value is -2.31. The van der Waals surface area contributed by atoms with Crippen LogP contribution in [0.5, 0.6) is 0 Å². The number of ether oxygens (including phenoxy) is 2. The Bertz CT molecular complexity index is 683. The molecule has 2 heterocycles. The van der Waals surface area contributed by atoms with Crippen LogP contribution in [0.4, 0.5) is 0 Å². The number of rotatable bonds is 12. The van der Waals surface area contributed by atoms with Crippen LogP contribution < -0.4 is 10.6 Å². The number of furan rings is 1. The SMILES string of the molecule is c1ccc(CCNC(=NCCCOCC2CCCO2)NCCc2ccco2)cc1. The van der Waals surface area contributed by atoms with E-state index in [0.29, 0.717) is 13.2 Å². The van der Waals surface area contributed by atoms with Crippen LogP contribution in [0.15, 0.2) is 58.1 Å². The van der Waals surface area contributed by atoms with Gasteiger partial charge in [-0.15, -0.1) is 0 Å². The summed E-state index contributed by atoms with van der Waals surface area (Å²) in [7, 11) is 0. The first-order chi connectivity index (χ1) is 14.4. The van der Waals surface area contributed by atoms with Gasteiger partial charge in [-0.2, -0.15) is 0 Å². The Balaban J connectivity index is 1.36. The van der Waals surface area contributed by atoms with E-state index in [1.807, 2.05) is 18.2 Å². The zero-order valence-electron chi connectivity index (χ0n) is 17.1. The number of aliphatic imine (C=N–C) groups is 1. The van der Waals surface area contributed by atoms with Gasteiger partial charge in [-0.1, -0.05) is 30.3 Å². The fraction of sp³-hybridized carbons (Fsp3) is 0.522. The van der Waals surface area contributed by atoms with Gasteiger partial charge in [0, 0.05) is 39.3 Å². The molecule has 2 aromatic rings. The summed E-state index contributed by atoms with van der Waals surface area (Å²) < 4.78 is 16.7. The van der Waals surface area contributed by atoms with E-state index >= 15 is 0 Å². The third-order valence-corrected chi connectivity index (χ3v) is 4.84. The van der Waals surface area contributed by atoms with Crippen molar-refractivity contribution >= 4 is 5.96 Å². The molecule has 0 bridgehead atoms. The molecule has 0 amide bonds. The van der Waals surface area contributed by atoms with Gasteiger partial charge < -0.3 is 24.5 Å². The van der Waals surface area contributed by atoms with Crippen molar-refractivity contribution in [1.29, 1.82) is 0 Å². The van der Waals surface area contributed by atoms with Crippen molar-refractivity contribution in [3.8, 4) is 0 Å². The predicted octanol–water partition coefficient (Wildman–Crippen LogP) is 3.19. The molecule has 1 aromatic heterocycles. The summed E-state index contributed by atoms with van der Waals surface area (Å²) in [6.45, 7) is 4.64. The fourth-order valence-corrected chi connectivity index (χ4v) is 3.25. The second-order valence-electron chi connectivity index (χ2n) is 7.21. The molecule has 1 saturated heterocycles. The number of hydrogen-bond acceptors (Lipinski definition) is 4. The van der Waals surface area contributed by atoms with Crippen LogP contribution in [0.2, 0.25) is 0 Å². The molecule has 1 aromatic carbocycles. The van der Waals surface area contributed by atoms with Crippen LogP contribution in [0.1, 0.15) is 30.6 Å². The minimum Gasteiger partial charge on any atom is -0.469 e. The highest BCUT2D eigenvalue weighted by Crippen LogP contribution is 2.11. The van der Waals surface area contributed by atoms with E-state index in [0.717, 1.165) is 70.1 Å². The van der Waals surface area contributed by atoms with Crippen LogP contribution in [-0.4, -0.2) is 51.5 Å². The van der Waals surface area contributed by atoms with Gasteiger partial charge in [0.1, 0.15) is 5.76 Å². The lowest BCUT2D eigenvalue weighted by molar-refractivity contribution is 0.0171. The zero-order chi connectivity index (χ0) is 20.0. The van der Waals surface area contributed by atoms with E-state index < -0.39 is 0 Å². The van der Waals surface area contributed by atoms with Crippen molar-refractivity contribution in [2.45, 2.75) is 38.2 Å². The summed E-state index contributed by atoms with van der Waals surface area (Å²) in [6, 6.07) is 14.4. The number of benzene rings is 1. The van der Waals surface area contributed by atoms with Crippen LogP contribution in [0.3, 0.4) is 0 Å². The molecule has 0 spiro atoms. The Kier molecular flexibility index (Phi) is 9.60. The standard InChI is InChI=1S/C23H33N3O3/c1-2-7-20(8-3-1)11-14-25-23(26-15-12-21-9-4-17-28-21)24-13-6-16-27-19-22-10-5-18-29-22/h1-4,7-9,17,22H,5-6,10-16,18-19H2,(H2,24,25,26). The summed E-state index contributed by atoms with van der Waals surface area (Å²) in [4.78, 5) is 4.70. The number of nitrogens with zero attached hydrogens (tertiary/aromatic N) is 1. The smallest absolute Gasteiger partial charge is 0.191 e. The molecule has 29 heavy (non-hydrogen) atoms. The van der Waals surface area contributed by atoms with Crippen LogP contribution in [0, 0.1) is 0 Å². The van der Waals surface area contributed by atoms with Gasteiger partial charge in [0.25, 0.3) is 0 Å². The zero-order valence-corrected chi connectivity index (χ0v) is 17.1. The predicted molar refractivity (Wildman–Crippen MR) is 115 cm³/mol. The van der Waals surface area contributed by atoms with E-state index in [9.17, 15) is 0 Å². The van der Waals surface area contributed by atoms with Gasteiger partial charge in [0.15, 0.2) is 5.96 Å². The van der Waals surface area contributed by atoms with Crippen molar-refractivity contribution < 1.29 is 13.9 Å². The molecular formula is C23H33N3O3. The topological polar surface area (TPSA) is 68.0 Å². The van der Waals surface area contributed by atoms with Gasteiger partial charge in [-0.3, -0.25) is 4.99 Å². The molecule has 1 aliphatic rings. The molecule has 1 aliphatic heterocycles. The van der Waals surface area contributed by atoms with Gasteiger partial charge in [0.05, 0.1) is 19.0 Å². The van der Waals surface area contributed by atoms with E-state index in [-0.39, 0.29) is 6.10 Å². The maximum absolute atomic E-state index is 5.72. The largest absolute Gasteiger partial charge is 0.469 e.